The molecule has 2 rings (SSSR count). The Balaban J connectivity index is 2.21. The van der Waals surface area contributed by atoms with Gasteiger partial charge in [0, 0.05) is 17.9 Å². The molecule has 0 spiro atoms. The van der Waals surface area contributed by atoms with Crippen LogP contribution in [-0.2, 0) is 14.3 Å². The number of carbonyl (C=O) groups is 2. The van der Waals surface area contributed by atoms with Crippen LogP contribution in [0.4, 0.5) is 0 Å². The van der Waals surface area contributed by atoms with Gasteiger partial charge in [-0.05, 0) is 0 Å². The summed E-state index contributed by atoms with van der Waals surface area (Å²) >= 11 is 0. The van der Waals surface area contributed by atoms with Crippen LogP contribution in [0.5, 0.6) is 0 Å². The number of fused-ring (bicyclic) bond motifs is 1. The van der Waals surface area contributed by atoms with Gasteiger partial charge in [-0.15, -0.1) is 0 Å². The van der Waals surface area contributed by atoms with E-state index < -0.39 is 0 Å². The predicted octanol–water partition coefficient (Wildman–Crippen LogP) is 0.861. The molecule has 2 aliphatic rings. The fraction of sp³-hybridized carbons (Fsp3) is 0.400. The van der Waals surface area contributed by atoms with Crippen LogP contribution in [0.25, 0.3) is 0 Å². The molecule has 3 heteroatoms. The zero-order valence-electron chi connectivity index (χ0n) is 7.10. The summed E-state index contributed by atoms with van der Waals surface area (Å²) in [5.41, 5.74) is 0.937. The summed E-state index contributed by atoms with van der Waals surface area (Å²) in [6, 6.07) is 0. The van der Waals surface area contributed by atoms with E-state index in [2.05, 4.69) is 0 Å². The Morgan fingerprint density at radius 3 is 3.23 bits per heavy atom. The second-order valence-corrected chi connectivity index (χ2v) is 3.27. The zero-order chi connectivity index (χ0) is 9.26. The van der Waals surface area contributed by atoms with Crippen LogP contribution in [0, 0.1) is 11.8 Å². The molecule has 1 aliphatic carbocycles. The van der Waals surface area contributed by atoms with Crippen molar-refractivity contribution < 1.29 is 14.3 Å². The largest absolute Gasteiger partial charge is 0.500 e. The number of allylic oxidation sites excluding steroid dienone is 2. The molecule has 0 aromatic rings. The first-order valence-electron chi connectivity index (χ1n) is 4.30. The molecular formula is C10H10O3. The summed E-state index contributed by atoms with van der Waals surface area (Å²) in [4.78, 5) is 21.9. The number of carbonyl (C=O) groups excluding carboxylic acids is 2. The maximum Gasteiger partial charge on any atom is 0.151 e. The molecule has 68 valence electrons. The average molecular weight is 178 g/mol. The van der Waals surface area contributed by atoms with Gasteiger partial charge in [-0.2, -0.15) is 0 Å². The van der Waals surface area contributed by atoms with Crippen molar-refractivity contribution in [1.82, 2.24) is 0 Å². The maximum atomic E-state index is 11.7. The Morgan fingerprint density at radius 1 is 1.62 bits per heavy atom. The lowest BCUT2D eigenvalue weighted by atomic mass is 9.82. The molecule has 0 aromatic heterocycles. The lowest BCUT2D eigenvalue weighted by Crippen LogP contribution is -2.27. The maximum absolute atomic E-state index is 11.7. The predicted molar refractivity (Wildman–Crippen MR) is 45.8 cm³/mol. The molecule has 13 heavy (non-hydrogen) atoms. The third-order valence-electron chi connectivity index (χ3n) is 2.46. The van der Waals surface area contributed by atoms with Crippen LogP contribution < -0.4 is 0 Å². The fourth-order valence-corrected chi connectivity index (χ4v) is 1.70. The van der Waals surface area contributed by atoms with Gasteiger partial charge in [-0.3, -0.25) is 4.79 Å². The van der Waals surface area contributed by atoms with Gasteiger partial charge in [0.1, 0.15) is 12.9 Å². The minimum absolute atomic E-state index is 0.110. The number of rotatable bonds is 2. The van der Waals surface area contributed by atoms with Crippen LogP contribution in [-0.4, -0.2) is 18.7 Å². The number of Topliss-reactive ketones (excluding diaryl/α,β-unsaturated/α-hetero) is 1. The first-order chi connectivity index (χ1) is 6.33. The molecule has 0 bridgehead atoms. The molecule has 3 nitrogen and oxygen atoms in total. The molecule has 2 atom stereocenters. The van der Waals surface area contributed by atoms with E-state index in [-0.39, 0.29) is 17.6 Å². The van der Waals surface area contributed by atoms with E-state index in [4.69, 9.17) is 4.74 Å². The van der Waals surface area contributed by atoms with Crippen molar-refractivity contribution in [2.75, 3.05) is 6.61 Å². The van der Waals surface area contributed by atoms with Gasteiger partial charge < -0.3 is 9.53 Å². The number of ether oxygens (including phenoxy) is 1. The van der Waals surface area contributed by atoms with Gasteiger partial charge >= 0.3 is 0 Å². The SMILES string of the molecule is O=CCC1C=CC2=COCC2C1=O. The van der Waals surface area contributed by atoms with Crippen molar-refractivity contribution in [3.05, 3.63) is 24.0 Å². The summed E-state index contributed by atoms with van der Waals surface area (Å²) < 4.78 is 5.07. The Hall–Kier alpha value is -1.38. The Morgan fingerprint density at radius 2 is 2.46 bits per heavy atom. The minimum atomic E-state index is -0.235. The van der Waals surface area contributed by atoms with E-state index in [1.807, 2.05) is 6.08 Å². The third-order valence-corrected chi connectivity index (χ3v) is 2.46. The molecule has 0 N–H and O–H groups in total. The van der Waals surface area contributed by atoms with Gasteiger partial charge in [0.25, 0.3) is 0 Å². The first-order valence-corrected chi connectivity index (χ1v) is 4.30. The number of ketones is 1. The highest BCUT2D eigenvalue weighted by molar-refractivity contribution is 5.91. The summed E-state index contributed by atoms with van der Waals surface area (Å²) in [6.45, 7) is 0.438. The minimum Gasteiger partial charge on any atom is -0.500 e. The normalized spacial score (nSPS) is 30.8. The van der Waals surface area contributed by atoms with E-state index in [0.717, 1.165) is 11.9 Å². The average Bonchev–Trinajstić information content (AvgIpc) is 2.58. The topological polar surface area (TPSA) is 43.4 Å². The summed E-state index contributed by atoms with van der Waals surface area (Å²) in [6.07, 6.45) is 6.37. The van der Waals surface area contributed by atoms with Crippen molar-refractivity contribution in [2.24, 2.45) is 11.8 Å². The molecule has 0 saturated carbocycles. The van der Waals surface area contributed by atoms with Crippen LogP contribution in [0.2, 0.25) is 0 Å². The lowest BCUT2D eigenvalue weighted by Gasteiger charge is -2.18. The van der Waals surface area contributed by atoms with Gasteiger partial charge in [-0.25, -0.2) is 0 Å². The van der Waals surface area contributed by atoms with Gasteiger partial charge in [0.05, 0.1) is 12.2 Å². The molecule has 0 radical (unpaired) electrons. The third kappa shape index (κ3) is 1.30. The van der Waals surface area contributed by atoms with E-state index in [9.17, 15) is 9.59 Å². The number of hydrogen-bond donors (Lipinski definition) is 0. The van der Waals surface area contributed by atoms with Crippen molar-refractivity contribution >= 4 is 12.1 Å². The van der Waals surface area contributed by atoms with Gasteiger partial charge in [0.2, 0.25) is 0 Å². The highest BCUT2D eigenvalue weighted by atomic mass is 16.5. The first kappa shape index (κ1) is 8.23. The Kier molecular flexibility index (Phi) is 2.00. The van der Waals surface area contributed by atoms with E-state index >= 15 is 0 Å². The van der Waals surface area contributed by atoms with Gasteiger partial charge in [-0.1, -0.05) is 12.2 Å². The molecule has 0 amide bonds. The second-order valence-electron chi connectivity index (χ2n) is 3.27. The fourth-order valence-electron chi connectivity index (χ4n) is 1.70. The zero-order valence-corrected chi connectivity index (χ0v) is 7.10. The van der Waals surface area contributed by atoms with Crippen molar-refractivity contribution in [1.29, 1.82) is 0 Å². The van der Waals surface area contributed by atoms with Crippen molar-refractivity contribution in [2.45, 2.75) is 6.42 Å². The van der Waals surface area contributed by atoms with Crippen LogP contribution in [0.15, 0.2) is 24.0 Å². The Bertz CT molecular complexity index is 301. The highest BCUT2D eigenvalue weighted by Crippen LogP contribution is 2.30. The van der Waals surface area contributed by atoms with Crippen LogP contribution >= 0.6 is 0 Å². The van der Waals surface area contributed by atoms with E-state index in [1.165, 1.54) is 0 Å². The molecular weight excluding hydrogens is 168 g/mol. The standard InChI is InChI=1S/C10H10O3/c11-4-3-7-1-2-8-5-13-6-9(8)10(7)12/h1-2,4-5,7,9H,3,6H2. The molecule has 1 aliphatic heterocycles. The number of aldehydes is 1. The molecule has 0 fully saturated rings. The monoisotopic (exact) mass is 178 g/mol. The quantitative estimate of drug-likeness (QED) is 0.589. The van der Waals surface area contributed by atoms with E-state index in [1.54, 1.807) is 12.3 Å². The smallest absolute Gasteiger partial charge is 0.151 e. The second kappa shape index (κ2) is 3.17. The number of hydrogen-bond acceptors (Lipinski definition) is 3. The molecule has 2 unspecified atom stereocenters. The molecule has 0 aromatic carbocycles. The van der Waals surface area contributed by atoms with Gasteiger partial charge in [0.15, 0.2) is 5.78 Å². The Labute approximate surface area is 76.1 Å². The highest BCUT2D eigenvalue weighted by Gasteiger charge is 2.33. The van der Waals surface area contributed by atoms with E-state index in [0.29, 0.717) is 13.0 Å². The van der Waals surface area contributed by atoms with Crippen molar-refractivity contribution in [3.63, 3.8) is 0 Å². The molecule has 1 heterocycles. The van der Waals surface area contributed by atoms with Crippen LogP contribution in [0.3, 0.4) is 0 Å². The lowest BCUT2D eigenvalue weighted by molar-refractivity contribution is -0.126. The van der Waals surface area contributed by atoms with Crippen molar-refractivity contribution in [3.8, 4) is 0 Å². The molecule has 0 saturated heterocycles. The summed E-state index contributed by atoms with van der Waals surface area (Å²) in [7, 11) is 0. The summed E-state index contributed by atoms with van der Waals surface area (Å²) in [5, 5.41) is 0. The van der Waals surface area contributed by atoms with Crippen LogP contribution in [0.1, 0.15) is 6.42 Å². The summed E-state index contributed by atoms with van der Waals surface area (Å²) in [5.74, 6) is -0.255.